The summed E-state index contributed by atoms with van der Waals surface area (Å²) in [6.45, 7) is 4.08. The second-order valence-electron chi connectivity index (χ2n) is 10.3. The number of aliphatic hydroxyl groups is 1. The monoisotopic (exact) mass is 513 g/mol. The van der Waals surface area contributed by atoms with Crippen LogP contribution in [0.3, 0.4) is 0 Å². The minimum Gasteiger partial charge on any atom is -0.464 e. The first-order valence-electron chi connectivity index (χ1n) is 13.7. The van der Waals surface area contributed by atoms with Crippen LogP contribution in [0.5, 0.6) is 0 Å². The molecular formula is C29H39NO7. The zero-order valence-corrected chi connectivity index (χ0v) is 21.6. The molecule has 202 valence electrons. The van der Waals surface area contributed by atoms with Crippen molar-refractivity contribution in [2.45, 2.75) is 57.3 Å². The summed E-state index contributed by atoms with van der Waals surface area (Å²) in [6, 6.07) is 8.19. The van der Waals surface area contributed by atoms with Gasteiger partial charge in [0.05, 0.1) is 32.7 Å². The third-order valence-corrected chi connectivity index (χ3v) is 8.07. The molecule has 8 heteroatoms. The number of fused-ring (bicyclic) bond motifs is 3. The topological polar surface area (TPSA) is 99.4 Å². The third kappa shape index (κ3) is 6.03. The van der Waals surface area contributed by atoms with E-state index in [-0.39, 0.29) is 30.4 Å². The molecule has 0 spiro atoms. The fourth-order valence-electron chi connectivity index (χ4n) is 6.32. The average molecular weight is 514 g/mol. The van der Waals surface area contributed by atoms with Crippen LogP contribution in [0.25, 0.3) is 11.0 Å². The molecule has 2 fully saturated rings. The van der Waals surface area contributed by atoms with E-state index in [4.69, 9.17) is 28.5 Å². The summed E-state index contributed by atoms with van der Waals surface area (Å²) in [6.07, 6.45) is 8.62. The molecule has 3 aliphatic rings. The maximum Gasteiger partial charge on any atom is 0.286 e. The van der Waals surface area contributed by atoms with Gasteiger partial charge in [0, 0.05) is 42.0 Å². The zero-order valence-electron chi connectivity index (χ0n) is 21.6. The molecule has 0 radical (unpaired) electrons. The number of benzene rings is 1. The van der Waals surface area contributed by atoms with Crippen molar-refractivity contribution >= 4 is 16.9 Å². The van der Waals surface area contributed by atoms with E-state index < -0.39 is 6.29 Å². The Labute approximate surface area is 218 Å². The van der Waals surface area contributed by atoms with E-state index in [1.165, 1.54) is 19.3 Å². The summed E-state index contributed by atoms with van der Waals surface area (Å²) >= 11 is 0. The van der Waals surface area contributed by atoms with Crippen molar-refractivity contribution in [1.82, 2.24) is 5.32 Å². The van der Waals surface area contributed by atoms with Crippen LogP contribution in [-0.4, -0.2) is 63.0 Å². The second-order valence-corrected chi connectivity index (χ2v) is 10.3. The number of ether oxygens (including phenoxy) is 4. The standard InChI is InChI=1S/C29H39NO7/c1-2-35-29-22(9-11-33-13-14-34-12-10-31)23(24-18-36-26-6-4-3-5-21(24)26)17-27(37-29)28(32)30-25-16-19-7-8-20(25)15-19/h3-6,17-20,22-23,25,29,31H,2,7-16H2,1H3,(H,30,32)/t19?,20?,22-,23-,25?,29+/m0/s1. The molecule has 37 heavy (non-hydrogen) atoms. The number of furan rings is 1. The molecule has 5 rings (SSSR count). The van der Waals surface area contributed by atoms with Crippen molar-refractivity contribution in [2.75, 3.05) is 39.6 Å². The number of rotatable bonds is 13. The van der Waals surface area contributed by atoms with Gasteiger partial charge in [0.2, 0.25) is 6.29 Å². The van der Waals surface area contributed by atoms with E-state index >= 15 is 0 Å². The minimum atomic E-state index is -0.580. The Hall–Kier alpha value is -2.39. The number of carbonyl (C=O) groups is 1. The lowest BCUT2D eigenvalue weighted by molar-refractivity contribution is -0.168. The van der Waals surface area contributed by atoms with Gasteiger partial charge < -0.3 is 33.8 Å². The van der Waals surface area contributed by atoms with Gasteiger partial charge in [0.15, 0.2) is 5.76 Å². The molecule has 1 aliphatic heterocycles. The molecule has 1 aromatic carbocycles. The van der Waals surface area contributed by atoms with Crippen LogP contribution in [0.2, 0.25) is 0 Å². The predicted octanol–water partition coefficient (Wildman–Crippen LogP) is 4.13. The summed E-state index contributed by atoms with van der Waals surface area (Å²) in [5.74, 6) is 1.29. The Bertz CT molecular complexity index is 1070. The number of nitrogens with one attached hydrogen (secondary N) is 1. The van der Waals surface area contributed by atoms with E-state index in [0.29, 0.717) is 51.1 Å². The summed E-state index contributed by atoms with van der Waals surface area (Å²) in [5, 5.41) is 13.1. The predicted molar refractivity (Wildman–Crippen MR) is 138 cm³/mol. The number of allylic oxidation sites excluding steroid dienone is 1. The van der Waals surface area contributed by atoms with Crippen molar-refractivity contribution in [3.63, 3.8) is 0 Å². The number of hydrogen-bond donors (Lipinski definition) is 2. The SMILES string of the molecule is CCO[C@@H]1OC(C(=O)NC2CC3CCC2C3)=C[C@H](c2coc3ccccc23)[C@@H]1CCOCCOCCO. The van der Waals surface area contributed by atoms with Gasteiger partial charge >= 0.3 is 0 Å². The summed E-state index contributed by atoms with van der Waals surface area (Å²) in [4.78, 5) is 13.4. The highest BCUT2D eigenvalue weighted by Crippen LogP contribution is 2.45. The lowest BCUT2D eigenvalue weighted by atomic mass is 9.81. The van der Waals surface area contributed by atoms with Crippen LogP contribution in [0.1, 0.15) is 50.5 Å². The molecule has 6 atom stereocenters. The molecule has 2 saturated carbocycles. The highest BCUT2D eigenvalue weighted by atomic mass is 16.7. The van der Waals surface area contributed by atoms with Crippen LogP contribution in [0.4, 0.5) is 0 Å². The smallest absolute Gasteiger partial charge is 0.286 e. The van der Waals surface area contributed by atoms with Gasteiger partial charge in [0.1, 0.15) is 5.58 Å². The second kappa shape index (κ2) is 12.4. The van der Waals surface area contributed by atoms with Gasteiger partial charge in [-0.15, -0.1) is 0 Å². The number of carbonyl (C=O) groups excluding carboxylic acids is 1. The molecule has 0 saturated heterocycles. The van der Waals surface area contributed by atoms with Crippen LogP contribution >= 0.6 is 0 Å². The number of aliphatic hydroxyl groups excluding tert-OH is 1. The van der Waals surface area contributed by atoms with E-state index in [2.05, 4.69) is 5.32 Å². The van der Waals surface area contributed by atoms with Gasteiger partial charge in [0.25, 0.3) is 5.91 Å². The quantitative estimate of drug-likeness (QED) is 0.389. The van der Waals surface area contributed by atoms with Gasteiger partial charge in [-0.2, -0.15) is 0 Å². The lowest BCUT2D eigenvalue weighted by Gasteiger charge is -2.37. The molecule has 3 unspecified atom stereocenters. The fourth-order valence-corrected chi connectivity index (χ4v) is 6.32. The normalized spacial score (nSPS) is 28.9. The Morgan fingerprint density at radius 2 is 1.95 bits per heavy atom. The molecule has 2 bridgehead atoms. The van der Waals surface area contributed by atoms with Crippen LogP contribution in [-0.2, 0) is 23.7 Å². The first-order chi connectivity index (χ1) is 18.2. The largest absolute Gasteiger partial charge is 0.464 e. The summed E-state index contributed by atoms with van der Waals surface area (Å²) in [5.41, 5.74) is 1.83. The van der Waals surface area contributed by atoms with Gasteiger partial charge in [-0.25, -0.2) is 0 Å². The van der Waals surface area contributed by atoms with Crippen molar-refractivity contribution in [3.05, 3.63) is 47.9 Å². The third-order valence-electron chi connectivity index (χ3n) is 8.07. The summed E-state index contributed by atoms with van der Waals surface area (Å²) < 4.78 is 29.3. The van der Waals surface area contributed by atoms with Crippen molar-refractivity contribution < 1.29 is 33.3 Å². The van der Waals surface area contributed by atoms with Crippen molar-refractivity contribution in [1.29, 1.82) is 0 Å². The van der Waals surface area contributed by atoms with Gasteiger partial charge in [-0.05, 0) is 56.6 Å². The molecule has 2 heterocycles. The van der Waals surface area contributed by atoms with Crippen molar-refractivity contribution in [2.24, 2.45) is 17.8 Å². The van der Waals surface area contributed by atoms with E-state index in [9.17, 15) is 4.79 Å². The Balaban J connectivity index is 1.35. The Kier molecular flexibility index (Phi) is 8.81. The molecule has 2 aliphatic carbocycles. The maximum atomic E-state index is 13.4. The van der Waals surface area contributed by atoms with Crippen LogP contribution in [0, 0.1) is 17.8 Å². The summed E-state index contributed by atoms with van der Waals surface area (Å²) in [7, 11) is 0. The van der Waals surface area contributed by atoms with Crippen LogP contribution in [0.15, 0.2) is 46.8 Å². The molecular weight excluding hydrogens is 474 g/mol. The molecule has 8 nitrogen and oxygen atoms in total. The average Bonchev–Trinajstić information content (AvgIpc) is 3.65. The first kappa shape index (κ1) is 26.2. The van der Waals surface area contributed by atoms with E-state index in [0.717, 1.165) is 28.9 Å². The Morgan fingerprint density at radius 1 is 1.11 bits per heavy atom. The van der Waals surface area contributed by atoms with E-state index in [1.807, 2.05) is 37.3 Å². The van der Waals surface area contributed by atoms with E-state index in [1.54, 1.807) is 6.26 Å². The van der Waals surface area contributed by atoms with Gasteiger partial charge in [-0.1, -0.05) is 24.6 Å². The molecule has 2 N–H and O–H groups in total. The highest BCUT2D eigenvalue weighted by molar-refractivity contribution is 5.92. The minimum absolute atomic E-state index is 0.0000157. The lowest BCUT2D eigenvalue weighted by Crippen LogP contribution is -2.43. The fraction of sp³-hybridized carbons (Fsp3) is 0.621. The molecule has 2 aromatic rings. The highest BCUT2D eigenvalue weighted by Gasteiger charge is 2.43. The first-order valence-corrected chi connectivity index (χ1v) is 13.7. The van der Waals surface area contributed by atoms with Crippen molar-refractivity contribution in [3.8, 4) is 0 Å². The number of amides is 1. The maximum absolute atomic E-state index is 13.4. The van der Waals surface area contributed by atoms with Crippen LogP contribution < -0.4 is 5.32 Å². The Morgan fingerprint density at radius 3 is 2.70 bits per heavy atom. The molecule has 1 amide bonds. The number of hydrogen-bond acceptors (Lipinski definition) is 7. The zero-order chi connectivity index (χ0) is 25.6. The van der Waals surface area contributed by atoms with Gasteiger partial charge in [-0.3, -0.25) is 4.79 Å². The molecule has 1 aromatic heterocycles. The number of para-hydroxylation sites is 1.